The number of amides is 2. The lowest BCUT2D eigenvalue weighted by Crippen LogP contribution is -2.27. The summed E-state index contributed by atoms with van der Waals surface area (Å²) in [6.07, 6.45) is 3.18. The third-order valence-electron chi connectivity index (χ3n) is 5.60. The fraction of sp³-hybridized carbons (Fsp3) is 0.179. The van der Waals surface area contributed by atoms with Gasteiger partial charge in [-0.1, -0.05) is 55.1 Å². The number of benzene rings is 3. The molecule has 3 aromatic rings. The molecule has 0 aliphatic carbocycles. The zero-order chi connectivity index (χ0) is 26.2. The van der Waals surface area contributed by atoms with Crippen molar-refractivity contribution in [3.63, 3.8) is 0 Å². The number of methoxy groups -OCH3 is 1. The maximum atomic E-state index is 12.6. The predicted molar refractivity (Wildman–Crippen MR) is 150 cm³/mol. The van der Waals surface area contributed by atoms with Gasteiger partial charge in [0.1, 0.15) is 12.0 Å². The van der Waals surface area contributed by atoms with Gasteiger partial charge in [0.15, 0.2) is 11.5 Å². The van der Waals surface area contributed by atoms with Gasteiger partial charge in [-0.05, 0) is 56.9 Å². The van der Waals surface area contributed by atoms with Crippen LogP contribution in [0.15, 0.2) is 89.0 Å². The van der Waals surface area contributed by atoms with Crippen molar-refractivity contribution in [1.82, 2.24) is 10.3 Å². The number of hydrazone groups is 1. The Balaban J connectivity index is 1.40. The first-order valence-corrected chi connectivity index (χ1v) is 13.3. The average molecular weight is 581 g/mol. The maximum absolute atomic E-state index is 12.6. The van der Waals surface area contributed by atoms with Crippen molar-refractivity contribution < 1.29 is 19.1 Å². The molecule has 1 heterocycles. The summed E-state index contributed by atoms with van der Waals surface area (Å²) in [6.45, 7) is 4.55. The number of ether oxygens (including phenoxy) is 2. The van der Waals surface area contributed by atoms with Crippen LogP contribution in [0, 0.1) is 0 Å². The highest BCUT2D eigenvalue weighted by atomic mass is 79.9. The summed E-state index contributed by atoms with van der Waals surface area (Å²) in [5, 5.41) is 3.99. The second kappa shape index (κ2) is 12.6. The monoisotopic (exact) mass is 579 g/mol. The van der Waals surface area contributed by atoms with Gasteiger partial charge in [0.2, 0.25) is 5.91 Å². The van der Waals surface area contributed by atoms with Crippen LogP contribution in [0.3, 0.4) is 0 Å². The van der Waals surface area contributed by atoms with Gasteiger partial charge >= 0.3 is 0 Å². The quantitative estimate of drug-likeness (QED) is 0.193. The molecule has 1 atom stereocenters. The van der Waals surface area contributed by atoms with Crippen molar-refractivity contribution in [1.29, 1.82) is 0 Å². The van der Waals surface area contributed by atoms with E-state index in [2.05, 4.69) is 33.0 Å². The van der Waals surface area contributed by atoms with Crippen molar-refractivity contribution in [2.45, 2.75) is 11.9 Å². The summed E-state index contributed by atoms with van der Waals surface area (Å²) in [7, 11) is 1.55. The summed E-state index contributed by atoms with van der Waals surface area (Å²) < 4.78 is 11.7. The molecule has 190 valence electrons. The number of nitrogens with zero attached hydrogens (tertiary/aromatic N) is 2. The van der Waals surface area contributed by atoms with E-state index in [1.165, 1.54) is 6.21 Å². The molecule has 0 radical (unpaired) electrons. The zero-order valence-corrected chi connectivity index (χ0v) is 22.6. The van der Waals surface area contributed by atoms with E-state index in [9.17, 15) is 9.59 Å². The van der Waals surface area contributed by atoms with Crippen LogP contribution >= 0.6 is 27.7 Å². The van der Waals surface area contributed by atoms with Gasteiger partial charge < -0.3 is 14.4 Å². The van der Waals surface area contributed by atoms with Crippen LogP contribution in [0.2, 0.25) is 0 Å². The predicted octanol–water partition coefficient (Wildman–Crippen LogP) is 5.56. The molecule has 0 bridgehead atoms. The Hall–Kier alpha value is -3.56. The molecule has 1 fully saturated rings. The van der Waals surface area contributed by atoms with E-state index in [0.717, 1.165) is 11.1 Å². The molecular weight excluding hydrogens is 554 g/mol. The second-order valence-electron chi connectivity index (χ2n) is 8.13. The number of thioether (sulfide) groups is 1. The largest absolute Gasteiger partial charge is 0.493 e. The average Bonchev–Trinajstić information content (AvgIpc) is 3.28. The van der Waals surface area contributed by atoms with Crippen LogP contribution in [0.5, 0.6) is 11.5 Å². The molecule has 9 heteroatoms. The first-order valence-electron chi connectivity index (χ1n) is 11.5. The molecule has 1 aliphatic heterocycles. The first kappa shape index (κ1) is 26.5. The van der Waals surface area contributed by atoms with Crippen LogP contribution in [-0.4, -0.2) is 42.4 Å². The Morgan fingerprint density at radius 2 is 1.97 bits per heavy atom. The third-order valence-corrected chi connectivity index (χ3v) is 7.44. The smallest absolute Gasteiger partial charge is 0.271 e. The second-order valence-corrected chi connectivity index (χ2v) is 10.0. The molecule has 1 aliphatic rings. The lowest BCUT2D eigenvalue weighted by atomic mass is 10.1. The summed E-state index contributed by atoms with van der Waals surface area (Å²) in [4.78, 5) is 27.0. The van der Waals surface area contributed by atoms with Crippen molar-refractivity contribution in [3.05, 3.63) is 106 Å². The minimum atomic E-state index is -0.337. The van der Waals surface area contributed by atoms with Gasteiger partial charge in [0.25, 0.3) is 5.91 Å². The lowest BCUT2D eigenvalue weighted by Gasteiger charge is -2.24. The number of halogens is 1. The topological polar surface area (TPSA) is 80.2 Å². The third kappa shape index (κ3) is 6.61. The molecular formula is C28H26BrN3O4S. The van der Waals surface area contributed by atoms with E-state index < -0.39 is 0 Å². The number of carbonyl (C=O) groups excluding carboxylic acids is 2. The fourth-order valence-electron chi connectivity index (χ4n) is 3.81. The molecule has 37 heavy (non-hydrogen) atoms. The van der Waals surface area contributed by atoms with Crippen molar-refractivity contribution in [2.24, 2.45) is 5.10 Å². The standard InChI is InChI=1S/C28H26BrN3O4S/c1-3-13-36-26-23(29)14-20(15-24(26)35-2)16-30-31-27(34)21-9-11-22(12-10-21)28-32(25(33)18-37-28)17-19-7-5-4-6-8-19/h3-12,14-16,28H,1,13,17-18H2,2H3,(H,31,34)/b30-16-/t28-/m0/s1. The normalized spacial score (nSPS) is 15.1. The minimum Gasteiger partial charge on any atom is -0.493 e. The van der Waals surface area contributed by atoms with Gasteiger partial charge in [0.05, 0.1) is 23.5 Å². The Bertz CT molecular complexity index is 1300. The molecule has 4 rings (SSSR count). The van der Waals surface area contributed by atoms with Crippen molar-refractivity contribution in [3.8, 4) is 11.5 Å². The van der Waals surface area contributed by atoms with Crippen molar-refractivity contribution >= 4 is 45.7 Å². The Morgan fingerprint density at radius 3 is 2.68 bits per heavy atom. The number of nitrogens with one attached hydrogen (secondary N) is 1. The molecule has 0 unspecified atom stereocenters. The van der Waals surface area contributed by atoms with E-state index in [1.54, 1.807) is 43.1 Å². The molecule has 3 aromatic carbocycles. The van der Waals surface area contributed by atoms with Crippen LogP contribution in [0.1, 0.15) is 32.4 Å². The number of hydrogen-bond acceptors (Lipinski definition) is 6. The van der Waals surface area contributed by atoms with E-state index in [-0.39, 0.29) is 17.2 Å². The summed E-state index contributed by atoms with van der Waals surface area (Å²) in [5.41, 5.74) is 5.79. The van der Waals surface area contributed by atoms with Gasteiger partial charge in [0, 0.05) is 12.1 Å². The summed E-state index contributed by atoms with van der Waals surface area (Å²) in [5.74, 6) is 1.31. The summed E-state index contributed by atoms with van der Waals surface area (Å²) >= 11 is 5.06. The Kier molecular flexibility index (Phi) is 9.03. The zero-order valence-electron chi connectivity index (χ0n) is 20.2. The van der Waals surface area contributed by atoms with Crippen LogP contribution in [0.4, 0.5) is 0 Å². The summed E-state index contributed by atoms with van der Waals surface area (Å²) in [6, 6.07) is 20.8. The van der Waals surface area contributed by atoms with E-state index in [0.29, 0.717) is 46.0 Å². The molecule has 0 aromatic heterocycles. The van der Waals surface area contributed by atoms with E-state index in [1.807, 2.05) is 53.4 Å². The molecule has 1 N–H and O–H groups in total. The number of hydrogen-bond donors (Lipinski definition) is 1. The molecule has 0 spiro atoms. The number of carbonyl (C=O) groups is 2. The highest BCUT2D eigenvalue weighted by molar-refractivity contribution is 9.10. The van der Waals surface area contributed by atoms with Crippen LogP contribution in [-0.2, 0) is 11.3 Å². The highest BCUT2D eigenvalue weighted by Crippen LogP contribution is 2.39. The lowest BCUT2D eigenvalue weighted by molar-refractivity contribution is -0.128. The molecule has 0 saturated carbocycles. The molecule has 1 saturated heterocycles. The first-order chi connectivity index (χ1) is 18.0. The Morgan fingerprint density at radius 1 is 1.22 bits per heavy atom. The van der Waals surface area contributed by atoms with Crippen molar-refractivity contribution in [2.75, 3.05) is 19.5 Å². The number of rotatable bonds is 10. The molecule has 2 amide bonds. The van der Waals surface area contributed by atoms with Gasteiger partial charge in [-0.2, -0.15) is 5.10 Å². The van der Waals surface area contributed by atoms with Gasteiger partial charge in [-0.25, -0.2) is 5.43 Å². The Labute approximate surface area is 228 Å². The fourth-order valence-corrected chi connectivity index (χ4v) is 5.57. The SMILES string of the molecule is C=CCOc1c(Br)cc(/C=N\NC(=O)c2ccc([C@@H]3SCC(=O)N3Cc3ccccc3)cc2)cc1OC. The van der Waals surface area contributed by atoms with Crippen LogP contribution in [0.25, 0.3) is 0 Å². The molecule has 7 nitrogen and oxygen atoms in total. The highest BCUT2D eigenvalue weighted by Gasteiger charge is 2.32. The van der Waals surface area contributed by atoms with E-state index in [4.69, 9.17) is 9.47 Å². The van der Waals surface area contributed by atoms with Crippen LogP contribution < -0.4 is 14.9 Å². The van der Waals surface area contributed by atoms with E-state index >= 15 is 0 Å². The maximum Gasteiger partial charge on any atom is 0.271 e. The minimum absolute atomic E-state index is 0.0882. The van der Waals surface area contributed by atoms with Gasteiger partial charge in [-0.15, -0.1) is 11.8 Å². The van der Waals surface area contributed by atoms with Gasteiger partial charge in [-0.3, -0.25) is 9.59 Å².